The molecule has 2 nitrogen and oxygen atoms in total. The molecule has 0 saturated heterocycles. The van der Waals surface area contributed by atoms with Gasteiger partial charge in [0.25, 0.3) is 0 Å². The molecule has 1 aliphatic rings. The largest absolute Gasteiger partial charge is 0.360 e. The molecule has 1 saturated carbocycles. The lowest BCUT2D eigenvalue weighted by Crippen LogP contribution is -2.02. The van der Waals surface area contributed by atoms with Crippen molar-refractivity contribution >= 4 is 16.7 Å². The first-order chi connectivity index (χ1) is 9.79. The van der Waals surface area contributed by atoms with Crippen molar-refractivity contribution in [3.63, 3.8) is 0 Å². The Hall–Kier alpha value is -1.57. The van der Waals surface area contributed by atoms with Gasteiger partial charge in [-0.05, 0) is 24.3 Å². The van der Waals surface area contributed by atoms with Crippen LogP contribution in [-0.2, 0) is 6.42 Å². The van der Waals surface area contributed by atoms with Gasteiger partial charge in [-0.2, -0.15) is 0 Å². The van der Waals surface area contributed by atoms with Gasteiger partial charge in [-0.25, -0.2) is 0 Å². The summed E-state index contributed by atoms with van der Waals surface area (Å²) in [6.45, 7) is 2.15. The third kappa shape index (κ3) is 2.52. The summed E-state index contributed by atoms with van der Waals surface area (Å²) in [6.07, 6.45) is 10.0. The number of fused-ring (bicyclic) bond motifs is 1. The Morgan fingerprint density at radius 1 is 1.30 bits per heavy atom. The molecule has 2 heteroatoms. The molecule has 1 aromatic carbocycles. The highest BCUT2D eigenvalue weighted by Crippen LogP contribution is 2.30. The minimum atomic E-state index is 0.302. The van der Waals surface area contributed by atoms with Crippen LogP contribution < -0.4 is 0 Å². The summed E-state index contributed by atoms with van der Waals surface area (Å²) in [5, 5.41) is 1.10. The molecule has 1 N–H and O–H groups in total. The number of nitrogens with one attached hydrogen (secondary N) is 1. The Balaban J connectivity index is 1.77. The topological polar surface area (TPSA) is 32.9 Å². The highest BCUT2D eigenvalue weighted by Gasteiger charge is 2.18. The number of carbonyl (C=O) groups is 1. The van der Waals surface area contributed by atoms with Gasteiger partial charge < -0.3 is 4.98 Å². The van der Waals surface area contributed by atoms with Crippen LogP contribution >= 0.6 is 0 Å². The average molecular weight is 269 g/mol. The molecular weight excluding hydrogens is 246 g/mol. The Bertz CT molecular complexity index is 605. The number of aryl methyl sites for hydroxylation is 1. The van der Waals surface area contributed by atoms with Gasteiger partial charge in [0.2, 0.25) is 0 Å². The lowest BCUT2D eigenvalue weighted by Gasteiger charge is -2.07. The van der Waals surface area contributed by atoms with Crippen LogP contribution in [0.1, 0.15) is 61.4 Å². The fraction of sp³-hybridized carbons (Fsp3) is 0.500. The van der Waals surface area contributed by atoms with Crippen molar-refractivity contribution in [2.75, 3.05) is 0 Å². The third-order valence-electron chi connectivity index (χ3n) is 4.74. The zero-order valence-corrected chi connectivity index (χ0v) is 12.2. The molecule has 1 fully saturated rings. The van der Waals surface area contributed by atoms with Gasteiger partial charge in [-0.1, -0.05) is 50.8 Å². The number of aromatic nitrogens is 1. The second-order valence-electron chi connectivity index (χ2n) is 6.01. The summed E-state index contributed by atoms with van der Waals surface area (Å²) in [5.41, 5.74) is 3.31. The highest BCUT2D eigenvalue weighted by atomic mass is 16.1. The summed E-state index contributed by atoms with van der Waals surface area (Å²) in [6, 6.07) is 6.25. The lowest BCUT2D eigenvalue weighted by atomic mass is 9.97. The van der Waals surface area contributed by atoms with Gasteiger partial charge in [0.05, 0.1) is 0 Å². The van der Waals surface area contributed by atoms with E-state index < -0.39 is 0 Å². The quantitative estimate of drug-likeness (QED) is 0.771. The summed E-state index contributed by atoms with van der Waals surface area (Å²) < 4.78 is 0. The average Bonchev–Trinajstić information content (AvgIpc) is 3.13. The van der Waals surface area contributed by atoms with E-state index in [1.165, 1.54) is 31.2 Å². The van der Waals surface area contributed by atoms with Crippen LogP contribution in [0, 0.1) is 5.92 Å². The van der Waals surface area contributed by atoms with Crippen LogP contribution in [0.4, 0.5) is 0 Å². The summed E-state index contributed by atoms with van der Waals surface area (Å²) in [5.74, 6) is 1.09. The molecule has 2 aromatic rings. The van der Waals surface area contributed by atoms with Crippen LogP contribution in [0.15, 0.2) is 24.4 Å². The Kier molecular flexibility index (Phi) is 3.90. The molecule has 106 valence electrons. The van der Waals surface area contributed by atoms with Gasteiger partial charge in [0.15, 0.2) is 5.78 Å². The van der Waals surface area contributed by atoms with Crippen molar-refractivity contribution in [3.05, 3.63) is 35.5 Å². The van der Waals surface area contributed by atoms with Gasteiger partial charge in [-0.15, -0.1) is 0 Å². The zero-order chi connectivity index (χ0) is 13.9. The van der Waals surface area contributed by atoms with Crippen molar-refractivity contribution in [2.45, 2.75) is 51.9 Å². The third-order valence-corrected chi connectivity index (χ3v) is 4.74. The van der Waals surface area contributed by atoms with E-state index >= 15 is 0 Å². The van der Waals surface area contributed by atoms with E-state index in [4.69, 9.17) is 0 Å². The molecule has 0 atom stereocenters. The smallest absolute Gasteiger partial charge is 0.165 e. The number of ketones is 1. The van der Waals surface area contributed by atoms with E-state index in [2.05, 4.69) is 30.1 Å². The van der Waals surface area contributed by atoms with Gasteiger partial charge in [0.1, 0.15) is 0 Å². The molecule has 1 aliphatic carbocycles. The minimum Gasteiger partial charge on any atom is -0.360 e. The maximum atomic E-state index is 12.5. The molecule has 0 bridgehead atoms. The lowest BCUT2D eigenvalue weighted by molar-refractivity contribution is 0.0975. The minimum absolute atomic E-state index is 0.302. The molecule has 0 unspecified atom stereocenters. The van der Waals surface area contributed by atoms with E-state index in [1.54, 1.807) is 0 Å². The first-order valence-electron chi connectivity index (χ1n) is 7.91. The van der Waals surface area contributed by atoms with E-state index in [0.717, 1.165) is 35.2 Å². The maximum absolute atomic E-state index is 12.5. The molecule has 0 spiro atoms. The normalized spacial score (nSPS) is 16.1. The predicted molar refractivity (Wildman–Crippen MR) is 83.2 cm³/mol. The van der Waals surface area contributed by atoms with E-state index in [0.29, 0.717) is 12.2 Å². The second kappa shape index (κ2) is 5.82. The summed E-state index contributed by atoms with van der Waals surface area (Å²) in [7, 11) is 0. The van der Waals surface area contributed by atoms with Crippen LogP contribution in [0.25, 0.3) is 10.9 Å². The number of H-pyrrole nitrogens is 1. The molecule has 0 radical (unpaired) electrons. The maximum Gasteiger partial charge on any atom is 0.165 e. The fourth-order valence-electron chi connectivity index (χ4n) is 3.51. The molecular formula is C18H23NO. The first-order valence-corrected chi connectivity index (χ1v) is 7.91. The number of hydrogen-bond acceptors (Lipinski definition) is 1. The first kappa shape index (κ1) is 13.4. The SMILES string of the molecule is CCc1cccc2c(C(=O)CCC3CCCC3)c[nH]c12. The number of rotatable bonds is 5. The molecule has 3 rings (SSSR count). The van der Waals surface area contributed by atoms with Crippen LogP contribution in [0.3, 0.4) is 0 Å². The van der Waals surface area contributed by atoms with Crippen molar-refractivity contribution < 1.29 is 4.79 Å². The monoisotopic (exact) mass is 269 g/mol. The van der Waals surface area contributed by atoms with Crippen molar-refractivity contribution in [3.8, 4) is 0 Å². The number of para-hydroxylation sites is 1. The molecule has 0 amide bonds. The Labute approximate surface area is 120 Å². The van der Waals surface area contributed by atoms with Crippen LogP contribution in [0.2, 0.25) is 0 Å². The Morgan fingerprint density at radius 2 is 2.10 bits per heavy atom. The van der Waals surface area contributed by atoms with Gasteiger partial charge in [0, 0.05) is 29.1 Å². The standard InChI is InChI=1S/C18H23NO/c1-2-14-8-5-9-15-16(12-19-18(14)15)17(20)11-10-13-6-3-4-7-13/h5,8-9,12-13,19H,2-4,6-7,10-11H2,1H3. The van der Waals surface area contributed by atoms with Crippen molar-refractivity contribution in [1.29, 1.82) is 0 Å². The van der Waals surface area contributed by atoms with Crippen molar-refractivity contribution in [1.82, 2.24) is 4.98 Å². The molecule has 20 heavy (non-hydrogen) atoms. The van der Waals surface area contributed by atoms with E-state index in [9.17, 15) is 4.79 Å². The number of benzene rings is 1. The molecule has 1 heterocycles. The molecule has 0 aliphatic heterocycles. The van der Waals surface area contributed by atoms with Gasteiger partial charge >= 0.3 is 0 Å². The van der Waals surface area contributed by atoms with Crippen LogP contribution in [-0.4, -0.2) is 10.8 Å². The second-order valence-corrected chi connectivity index (χ2v) is 6.01. The van der Waals surface area contributed by atoms with Crippen molar-refractivity contribution in [2.24, 2.45) is 5.92 Å². The number of carbonyl (C=O) groups excluding carboxylic acids is 1. The number of Topliss-reactive ketones (excluding diaryl/α,β-unsaturated/α-hetero) is 1. The Morgan fingerprint density at radius 3 is 2.85 bits per heavy atom. The zero-order valence-electron chi connectivity index (χ0n) is 12.2. The predicted octanol–water partition coefficient (Wildman–Crippen LogP) is 4.88. The van der Waals surface area contributed by atoms with E-state index in [1.807, 2.05) is 6.20 Å². The van der Waals surface area contributed by atoms with E-state index in [-0.39, 0.29) is 0 Å². The fourth-order valence-corrected chi connectivity index (χ4v) is 3.51. The molecule has 1 aromatic heterocycles. The summed E-state index contributed by atoms with van der Waals surface area (Å²) >= 11 is 0. The summed E-state index contributed by atoms with van der Waals surface area (Å²) in [4.78, 5) is 15.8. The van der Waals surface area contributed by atoms with Gasteiger partial charge in [-0.3, -0.25) is 4.79 Å². The number of hydrogen-bond donors (Lipinski definition) is 1. The number of aromatic amines is 1. The van der Waals surface area contributed by atoms with Crippen LogP contribution in [0.5, 0.6) is 0 Å². The highest BCUT2D eigenvalue weighted by molar-refractivity contribution is 6.08.